The Morgan fingerprint density at radius 1 is 1.22 bits per heavy atom. The van der Waals surface area contributed by atoms with Crippen LogP contribution in [-0.4, -0.2) is 77.6 Å². The Balaban J connectivity index is 2.05. The second-order valence-corrected chi connectivity index (χ2v) is 6.33. The lowest BCUT2D eigenvalue weighted by Gasteiger charge is -2.21. The molecule has 6 heteroatoms. The summed E-state index contributed by atoms with van der Waals surface area (Å²) < 4.78 is 11.1. The SMILES string of the molecule is CCNC(=NCCCOCC1CCOCC1)NCCCN(C)C. The maximum Gasteiger partial charge on any atom is 0.191 e. The van der Waals surface area contributed by atoms with E-state index in [1.165, 1.54) is 0 Å². The molecule has 1 rings (SSSR count). The highest BCUT2D eigenvalue weighted by Crippen LogP contribution is 2.14. The van der Waals surface area contributed by atoms with E-state index in [1.807, 2.05) is 0 Å². The van der Waals surface area contributed by atoms with Gasteiger partial charge in [-0.3, -0.25) is 4.99 Å². The molecule has 0 aromatic heterocycles. The Morgan fingerprint density at radius 2 is 2.00 bits per heavy atom. The normalized spacial score (nSPS) is 16.8. The lowest BCUT2D eigenvalue weighted by molar-refractivity contribution is 0.0205. The van der Waals surface area contributed by atoms with Gasteiger partial charge in [-0.1, -0.05) is 0 Å². The van der Waals surface area contributed by atoms with Crippen LogP contribution in [0.25, 0.3) is 0 Å². The van der Waals surface area contributed by atoms with Crippen molar-refractivity contribution in [2.75, 3.05) is 66.7 Å². The summed E-state index contributed by atoms with van der Waals surface area (Å²) in [6.07, 6.45) is 4.36. The summed E-state index contributed by atoms with van der Waals surface area (Å²) in [5, 5.41) is 6.66. The van der Waals surface area contributed by atoms with E-state index >= 15 is 0 Å². The van der Waals surface area contributed by atoms with Gasteiger partial charge in [-0.05, 0) is 59.2 Å². The van der Waals surface area contributed by atoms with E-state index < -0.39 is 0 Å². The van der Waals surface area contributed by atoms with Crippen LogP contribution in [0.2, 0.25) is 0 Å². The maximum absolute atomic E-state index is 5.77. The molecule has 1 heterocycles. The van der Waals surface area contributed by atoms with Crippen LogP contribution in [0.4, 0.5) is 0 Å². The van der Waals surface area contributed by atoms with Crippen molar-refractivity contribution in [3.8, 4) is 0 Å². The molecule has 0 unspecified atom stereocenters. The summed E-state index contributed by atoms with van der Waals surface area (Å²) in [5.41, 5.74) is 0. The third-order valence-electron chi connectivity index (χ3n) is 3.83. The summed E-state index contributed by atoms with van der Waals surface area (Å²) >= 11 is 0. The molecule has 1 fully saturated rings. The Bertz CT molecular complexity index is 305. The molecule has 136 valence electrons. The van der Waals surface area contributed by atoms with Gasteiger partial charge in [0.1, 0.15) is 0 Å². The fourth-order valence-electron chi connectivity index (χ4n) is 2.46. The number of nitrogens with zero attached hydrogens (tertiary/aromatic N) is 2. The molecule has 23 heavy (non-hydrogen) atoms. The molecule has 2 N–H and O–H groups in total. The number of rotatable bonds is 11. The molecule has 0 spiro atoms. The van der Waals surface area contributed by atoms with Crippen LogP contribution in [0.3, 0.4) is 0 Å². The molecule has 6 nitrogen and oxygen atoms in total. The molecular formula is C17H36N4O2. The second kappa shape index (κ2) is 13.6. The minimum atomic E-state index is 0.683. The van der Waals surface area contributed by atoms with Gasteiger partial charge in [0.2, 0.25) is 0 Å². The van der Waals surface area contributed by atoms with Gasteiger partial charge in [0, 0.05) is 46.1 Å². The number of ether oxygens (including phenoxy) is 2. The van der Waals surface area contributed by atoms with Crippen molar-refractivity contribution in [2.24, 2.45) is 10.9 Å². The molecule has 1 aliphatic heterocycles. The fourth-order valence-corrected chi connectivity index (χ4v) is 2.46. The number of hydrogen-bond acceptors (Lipinski definition) is 4. The predicted octanol–water partition coefficient (Wildman–Crippen LogP) is 1.33. The monoisotopic (exact) mass is 328 g/mol. The van der Waals surface area contributed by atoms with Gasteiger partial charge in [-0.2, -0.15) is 0 Å². The van der Waals surface area contributed by atoms with Gasteiger partial charge < -0.3 is 25.0 Å². The zero-order valence-corrected chi connectivity index (χ0v) is 15.3. The van der Waals surface area contributed by atoms with Crippen molar-refractivity contribution >= 4 is 5.96 Å². The zero-order chi connectivity index (χ0) is 16.8. The topological polar surface area (TPSA) is 58.1 Å². The summed E-state index contributed by atoms with van der Waals surface area (Å²) in [5.74, 6) is 1.60. The van der Waals surface area contributed by atoms with Crippen molar-refractivity contribution in [3.05, 3.63) is 0 Å². The number of guanidine groups is 1. The Labute approximate surface area is 142 Å². The van der Waals surface area contributed by atoms with Crippen LogP contribution < -0.4 is 10.6 Å². The lowest BCUT2D eigenvalue weighted by atomic mass is 10.0. The van der Waals surface area contributed by atoms with E-state index in [0.29, 0.717) is 5.92 Å². The molecule has 0 aromatic carbocycles. The summed E-state index contributed by atoms with van der Waals surface area (Å²) in [6, 6.07) is 0. The van der Waals surface area contributed by atoms with Crippen molar-refractivity contribution in [2.45, 2.75) is 32.6 Å². The molecule has 0 aromatic rings. The first-order chi connectivity index (χ1) is 11.2. The highest BCUT2D eigenvalue weighted by molar-refractivity contribution is 5.79. The van der Waals surface area contributed by atoms with Gasteiger partial charge in [0.05, 0.1) is 0 Å². The number of aliphatic imine (C=N–C) groups is 1. The van der Waals surface area contributed by atoms with Gasteiger partial charge in [0.15, 0.2) is 5.96 Å². The third kappa shape index (κ3) is 11.3. The standard InChI is InChI=1S/C17H36N4O2/c1-4-18-17(19-9-5-11-21(2)3)20-10-6-12-23-15-16-7-13-22-14-8-16/h16H,4-15H2,1-3H3,(H2,18,19,20). The molecule has 1 saturated heterocycles. The summed E-state index contributed by atoms with van der Waals surface area (Å²) in [4.78, 5) is 6.79. The van der Waals surface area contributed by atoms with E-state index in [-0.39, 0.29) is 0 Å². The van der Waals surface area contributed by atoms with Crippen LogP contribution in [0.1, 0.15) is 32.6 Å². The first-order valence-electron chi connectivity index (χ1n) is 9.04. The van der Waals surface area contributed by atoms with E-state index in [9.17, 15) is 0 Å². The smallest absolute Gasteiger partial charge is 0.191 e. The number of hydrogen-bond donors (Lipinski definition) is 2. The van der Waals surface area contributed by atoms with Crippen molar-refractivity contribution in [1.29, 1.82) is 0 Å². The maximum atomic E-state index is 5.77. The third-order valence-corrected chi connectivity index (χ3v) is 3.83. The summed E-state index contributed by atoms with van der Waals surface area (Å²) in [7, 11) is 4.19. The van der Waals surface area contributed by atoms with E-state index in [0.717, 1.165) is 84.2 Å². The van der Waals surface area contributed by atoms with Crippen molar-refractivity contribution in [1.82, 2.24) is 15.5 Å². The van der Waals surface area contributed by atoms with Crippen molar-refractivity contribution in [3.63, 3.8) is 0 Å². The molecule has 0 radical (unpaired) electrons. The average molecular weight is 329 g/mol. The molecule has 0 amide bonds. The van der Waals surface area contributed by atoms with E-state index in [4.69, 9.17) is 9.47 Å². The van der Waals surface area contributed by atoms with Crippen LogP contribution in [-0.2, 0) is 9.47 Å². The highest BCUT2D eigenvalue weighted by atomic mass is 16.5. The van der Waals surface area contributed by atoms with Crippen LogP contribution >= 0.6 is 0 Å². The molecule has 0 aliphatic carbocycles. The van der Waals surface area contributed by atoms with E-state index in [2.05, 4.69) is 41.5 Å². The van der Waals surface area contributed by atoms with Crippen LogP contribution in [0.15, 0.2) is 4.99 Å². The van der Waals surface area contributed by atoms with Crippen LogP contribution in [0.5, 0.6) is 0 Å². The fraction of sp³-hybridized carbons (Fsp3) is 0.941. The summed E-state index contributed by atoms with van der Waals surface area (Å²) in [6.45, 7) is 9.27. The first-order valence-corrected chi connectivity index (χ1v) is 9.04. The van der Waals surface area contributed by atoms with Crippen LogP contribution in [0, 0.1) is 5.92 Å². The molecule has 0 saturated carbocycles. The second-order valence-electron chi connectivity index (χ2n) is 6.33. The predicted molar refractivity (Wildman–Crippen MR) is 96.1 cm³/mol. The average Bonchev–Trinajstić information content (AvgIpc) is 2.55. The Morgan fingerprint density at radius 3 is 2.70 bits per heavy atom. The first kappa shape index (κ1) is 20.2. The minimum Gasteiger partial charge on any atom is -0.381 e. The van der Waals surface area contributed by atoms with Gasteiger partial charge in [0.25, 0.3) is 0 Å². The van der Waals surface area contributed by atoms with Gasteiger partial charge in [-0.25, -0.2) is 0 Å². The minimum absolute atomic E-state index is 0.683. The Kier molecular flexibility index (Phi) is 11.9. The Hall–Kier alpha value is -0.850. The molecule has 0 bridgehead atoms. The molecular weight excluding hydrogens is 292 g/mol. The molecule has 0 atom stereocenters. The lowest BCUT2D eigenvalue weighted by Crippen LogP contribution is -2.38. The largest absolute Gasteiger partial charge is 0.381 e. The zero-order valence-electron chi connectivity index (χ0n) is 15.3. The van der Waals surface area contributed by atoms with Crippen molar-refractivity contribution < 1.29 is 9.47 Å². The highest BCUT2D eigenvalue weighted by Gasteiger charge is 2.13. The number of nitrogens with one attached hydrogen (secondary N) is 2. The van der Waals surface area contributed by atoms with Gasteiger partial charge in [-0.15, -0.1) is 0 Å². The van der Waals surface area contributed by atoms with E-state index in [1.54, 1.807) is 0 Å². The quantitative estimate of drug-likeness (QED) is 0.340. The molecule has 1 aliphatic rings. The van der Waals surface area contributed by atoms with Gasteiger partial charge >= 0.3 is 0 Å².